The molecule has 0 spiro atoms. The normalized spacial score (nSPS) is 44.6. The Hall–Kier alpha value is -1.12. The van der Waals surface area contributed by atoms with Crippen molar-refractivity contribution in [1.82, 2.24) is 0 Å². The van der Waals surface area contributed by atoms with E-state index in [2.05, 4.69) is 43.3 Å². The van der Waals surface area contributed by atoms with Gasteiger partial charge in [0.1, 0.15) is 0 Å². The van der Waals surface area contributed by atoms with Gasteiger partial charge in [0.15, 0.2) is 0 Å². The lowest BCUT2D eigenvalue weighted by molar-refractivity contribution is -0.208. The van der Waals surface area contributed by atoms with Crippen LogP contribution in [0.15, 0.2) is 30.3 Å². The third kappa shape index (κ3) is 1.66. The molecule has 0 amide bonds. The first-order valence-corrected chi connectivity index (χ1v) is 8.24. The van der Waals surface area contributed by atoms with Crippen LogP contribution in [-0.4, -0.2) is 21.9 Å². The van der Waals surface area contributed by atoms with Crippen LogP contribution in [0.3, 0.4) is 0 Å². The van der Waals surface area contributed by atoms with Gasteiger partial charge in [-0.3, -0.25) is 0 Å². The second-order valence-corrected chi connectivity index (χ2v) is 7.41. The number of aliphatic hydroxyl groups is 2. The molecule has 2 N–H and O–H groups in total. The van der Waals surface area contributed by atoms with Crippen LogP contribution in [0.4, 0.5) is 0 Å². The lowest BCUT2D eigenvalue weighted by atomic mass is 9.48. The molecule has 2 saturated carbocycles. The van der Waals surface area contributed by atoms with E-state index in [1.165, 1.54) is 11.1 Å². The zero-order chi connectivity index (χ0) is 14.7. The molecule has 2 fully saturated rings. The van der Waals surface area contributed by atoms with Gasteiger partial charge in [0, 0.05) is 11.3 Å². The summed E-state index contributed by atoms with van der Waals surface area (Å²) in [7, 11) is 0. The number of aliphatic hydroxyl groups excluding tert-OH is 1. The van der Waals surface area contributed by atoms with Crippen molar-refractivity contribution in [2.75, 3.05) is 0 Å². The van der Waals surface area contributed by atoms with Crippen LogP contribution in [0.2, 0.25) is 0 Å². The Balaban J connectivity index is 1.81. The molecule has 1 aromatic rings. The molecule has 2 nitrogen and oxygen atoms in total. The molecule has 0 aliphatic heterocycles. The Labute approximate surface area is 126 Å². The van der Waals surface area contributed by atoms with Gasteiger partial charge in [-0.1, -0.05) is 43.3 Å². The number of hydrogen-bond acceptors (Lipinski definition) is 2. The minimum atomic E-state index is -0.766. The molecule has 0 bridgehead atoms. The van der Waals surface area contributed by atoms with E-state index in [1.807, 2.05) is 0 Å². The summed E-state index contributed by atoms with van der Waals surface area (Å²) >= 11 is 0. The first-order valence-electron chi connectivity index (χ1n) is 8.24. The van der Waals surface area contributed by atoms with E-state index in [-0.39, 0.29) is 17.4 Å². The van der Waals surface area contributed by atoms with Gasteiger partial charge in [0.05, 0.1) is 11.7 Å². The SMILES string of the molecule is C[C@]12CC[C@H]3c4ccccc4C=C[C@H]3[C@@]1(O)CCC[C@H]2O. The number of hydrogen-bond donors (Lipinski definition) is 2. The van der Waals surface area contributed by atoms with Gasteiger partial charge in [0.2, 0.25) is 0 Å². The largest absolute Gasteiger partial charge is 0.392 e. The van der Waals surface area contributed by atoms with E-state index in [0.29, 0.717) is 5.92 Å². The molecule has 1 aromatic carbocycles. The highest BCUT2D eigenvalue weighted by molar-refractivity contribution is 5.59. The van der Waals surface area contributed by atoms with Crippen LogP contribution in [0, 0.1) is 11.3 Å². The number of benzene rings is 1. The molecule has 2 heteroatoms. The molecule has 3 aliphatic carbocycles. The third-order valence-corrected chi connectivity index (χ3v) is 6.60. The molecule has 0 unspecified atom stereocenters. The zero-order valence-electron chi connectivity index (χ0n) is 12.6. The smallest absolute Gasteiger partial charge is 0.0793 e. The highest BCUT2D eigenvalue weighted by Gasteiger charge is 2.61. The summed E-state index contributed by atoms with van der Waals surface area (Å²) in [4.78, 5) is 0. The van der Waals surface area contributed by atoms with Crippen LogP contribution in [0.5, 0.6) is 0 Å². The van der Waals surface area contributed by atoms with Crippen LogP contribution >= 0.6 is 0 Å². The van der Waals surface area contributed by atoms with Gasteiger partial charge < -0.3 is 10.2 Å². The van der Waals surface area contributed by atoms with Gasteiger partial charge in [-0.25, -0.2) is 0 Å². The summed E-state index contributed by atoms with van der Waals surface area (Å²) in [6.45, 7) is 2.10. The van der Waals surface area contributed by atoms with Crippen molar-refractivity contribution in [3.8, 4) is 0 Å². The minimum absolute atomic E-state index is 0.140. The first-order chi connectivity index (χ1) is 10.1. The summed E-state index contributed by atoms with van der Waals surface area (Å²) < 4.78 is 0. The second kappa shape index (κ2) is 4.44. The van der Waals surface area contributed by atoms with Crippen LogP contribution in [0.1, 0.15) is 56.1 Å². The maximum absolute atomic E-state index is 11.5. The van der Waals surface area contributed by atoms with Crippen molar-refractivity contribution in [1.29, 1.82) is 0 Å². The molecular formula is C19H24O2. The van der Waals surface area contributed by atoms with Crippen molar-refractivity contribution in [3.63, 3.8) is 0 Å². The Kier molecular flexibility index (Phi) is 2.86. The van der Waals surface area contributed by atoms with E-state index in [9.17, 15) is 10.2 Å². The summed E-state index contributed by atoms with van der Waals surface area (Å²) in [6, 6.07) is 8.55. The molecule has 0 aromatic heterocycles. The Morgan fingerprint density at radius 2 is 1.95 bits per heavy atom. The fourth-order valence-electron chi connectivity index (χ4n) is 5.21. The highest BCUT2D eigenvalue weighted by Crippen LogP contribution is 2.60. The molecule has 0 radical (unpaired) electrons. The van der Waals surface area contributed by atoms with E-state index >= 15 is 0 Å². The lowest BCUT2D eigenvalue weighted by Crippen LogP contribution is -2.63. The summed E-state index contributed by atoms with van der Waals surface area (Å²) in [5, 5.41) is 22.1. The van der Waals surface area contributed by atoms with Crippen molar-refractivity contribution >= 4 is 6.08 Å². The fraction of sp³-hybridized carbons (Fsp3) is 0.579. The van der Waals surface area contributed by atoms with Crippen LogP contribution in [0.25, 0.3) is 6.08 Å². The Morgan fingerprint density at radius 1 is 1.14 bits per heavy atom. The lowest BCUT2D eigenvalue weighted by Gasteiger charge is -2.60. The molecule has 0 saturated heterocycles. The molecule has 4 rings (SSSR count). The van der Waals surface area contributed by atoms with E-state index < -0.39 is 5.60 Å². The van der Waals surface area contributed by atoms with Gasteiger partial charge in [-0.2, -0.15) is 0 Å². The summed E-state index contributed by atoms with van der Waals surface area (Å²) in [5.74, 6) is 0.538. The third-order valence-electron chi connectivity index (χ3n) is 6.60. The second-order valence-electron chi connectivity index (χ2n) is 7.41. The monoisotopic (exact) mass is 284 g/mol. The van der Waals surface area contributed by atoms with Crippen LogP contribution < -0.4 is 0 Å². The van der Waals surface area contributed by atoms with E-state index in [1.54, 1.807) is 0 Å². The van der Waals surface area contributed by atoms with Gasteiger partial charge in [-0.05, 0) is 49.1 Å². The van der Waals surface area contributed by atoms with Crippen molar-refractivity contribution in [2.45, 2.75) is 56.7 Å². The fourth-order valence-corrected chi connectivity index (χ4v) is 5.21. The molecule has 112 valence electrons. The first kappa shape index (κ1) is 13.5. The topological polar surface area (TPSA) is 40.5 Å². The van der Waals surface area contributed by atoms with E-state index in [0.717, 1.165) is 32.1 Å². The number of fused-ring (bicyclic) bond motifs is 5. The molecular weight excluding hydrogens is 260 g/mol. The summed E-state index contributed by atoms with van der Waals surface area (Å²) in [6.07, 6.45) is 8.54. The molecule has 3 aliphatic rings. The standard InChI is InChI=1S/C19H24O2/c1-18-12-10-15-14-6-3-2-5-13(14)8-9-16(15)19(18,21)11-4-7-17(18)20/h2-3,5-6,8-9,15-17,20-21H,4,7,10-12H2,1H3/t15-,16+,17+,18+,19-/m0/s1. The summed E-state index contributed by atoms with van der Waals surface area (Å²) in [5.41, 5.74) is 1.54. The predicted molar refractivity (Wildman–Crippen MR) is 83.9 cm³/mol. The maximum Gasteiger partial charge on any atom is 0.0793 e. The quantitative estimate of drug-likeness (QED) is 0.765. The minimum Gasteiger partial charge on any atom is -0.392 e. The average molecular weight is 284 g/mol. The maximum atomic E-state index is 11.5. The average Bonchev–Trinajstić information content (AvgIpc) is 2.49. The van der Waals surface area contributed by atoms with Crippen molar-refractivity contribution in [3.05, 3.63) is 41.5 Å². The van der Waals surface area contributed by atoms with Crippen LogP contribution in [-0.2, 0) is 0 Å². The van der Waals surface area contributed by atoms with Crippen molar-refractivity contribution < 1.29 is 10.2 Å². The Bertz CT molecular complexity index is 593. The molecule has 21 heavy (non-hydrogen) atoms. The molecule has 0 heterocycles. The zero-order valence-corrected chi connectivity index (χ0v) is 12.6. The van der Waals surface area contributed by atoms with E-state index in [4.69, 9.17) is 0 Å². The highest BCUT2D eigenvalue weighted by atomic mass is 16.3. The van der Waals surface area contributed by atoms with Gasteiger partial charge in [-0.15, -0.1) is 0 Å². The van der Waals surface area contributed by atoms with Gasteiger partial charge >= 0.3 is 0 Å². The number of rotatable bonds is 0. The van der Waals surface area contributed by atoms with Crippen molar-refractivity contribution in [2.24, 2.45) is 11.3 Å². The predicted octanol–water partition coefficient (Wildman–Crippen LogP) is 3.49. The molecule has 5 atom stereocenters. The van der Waals surface area contributed by atoms with Gasteiger partial charge in [0.25, 0.3) is 0 Å². The Morgan fingerprint density at radius 3 is 2.81 bits per heavy atom.